The third-order valence-electron chi connectivity index (χ3n) is 4.66. The zero-order chi connectivity index (χ0) is 17.3. The number of hydrogen-bond acceptors (Lipinski definition) is 2. The highest BCUT2D eigenvalue weighted by molar-refractivity contribution is 6.34. The molecule has 0 radical (unpaired) electrons. The van der Waals surface area contributed by atoms with Gasteiger partial charge in [-0.3, -0.25) is 4.79 Å². The van der Waals surface area contributed by atoms with Gasteiger partial charge in [0.2, 0.25) is 0 Å². The second-order valence-electron chi connectivity index (χ2n) is 6.73. The molecule has 0 unspecified atom stereocenters. The molecule has 24 heavy (non-hydrogen) atoms. The fourth-order valence-corrected chi connectivity index (χ4v) is 3.33. The highest BCUT2D eigenvalue weighted by Gasteiger charge is 2.24. The number of para-hydroxylation sites is 1. The van der Waals surface area contributed by atoms with Crippen LogP contribution in [0.25, 0.3) is 11.6 Å². The molecule has 0 saturated carbocycles. The number of fused-ring (bicyclic) bond motifs is 1. The number of nitrogens with one attached hydrogen (secondary N) is 2. The van der Waals surface area contributed by atoms with Crippen molar-refractivity contribution in [2.45, 2.75) is 26.7 Å². The highest BCUT2D eigenvalue weighted by atomic mass is 16.2. The summed E-state index contributed by atoms with van der Waals surface area (Å²) in [4.78, 5) is 18.0. The minimum atomic E-state index is -0.0305. The van der Waals surface area contributed by atoms with Gasteiger partial charge in [-0.2, -0.15) is 0 Å². The van der Waals surface area contributed by atoms with Crippen LogP contribution >= 0.6 is 0 Å². The molecule has 1 aromatic carbocycles. The smallest absolute Gasteiger partial charge is 0.256 e. The number of aryl methyl sites for hydroxylation is 1. The van der Waals surface area contributed by atoms with Gasteiger partial charge >= 0.3 is 0 Å². The maximum absolute atomic E-state index is 12.3. The summed E-state index contributed by atoms with van der Waals surface area (Å²) < 4.78 is 0. The molecular formula is C20H25N3O. The summed E-state index contributed by atoms with van der Waals surface area (Å²) >= 11 is 0. The predicted molar refractivity (Wildman–Crippen MR) is 100 cm³/mol. The number of H-pyrrole nitrogens is 1. The number of carbonyl (C=O) groups is 1. The monoisotopic (exact) mass is 323 g/mol. The second-order valence-corrected chi connectivity index (χ2v) is 6.73. The average molecular weight is 323 g/mol. The molecule has 3 rings (SSSR count). The Bertz CT molecular complexity index is 799. The van der Waals surface area contributed by atoms with Crippen molar-refractivity contribution in [3.05, 3.63) is 52.3 Å². The Morgan fingerprint density at radius 3 is 2.67 bits per heavy atom. The first kappa shape index (κ1) is 16.5. The van der Waals surface area contributed by atoms with Gasteiger partial charge in [-0.25, -0.2) is 0 Å². The number of nitrogens with zero attached hydrogens (tertiary/aromatic N) is 1. The van der Waals surface area contributed by atoms with Gasteiger partial charge in [0, 0.05) is 22.6 Å². The lowest BCUT2D eigenvalue weighted by Crippen LogP contribution is -2.13. The van der Waals surface area contributed by atoms with Crippen molar-refractivity contribution in [3.63, 3.8) is 0 Å². The normalized spacial score (nSPS) is 15.2. The van der Waals surface area contributed by atoms with Crippen molar-refractivity contribution < 1.29 is 4.79 Å². The largest absolute Gasteiger partial charge is 0.359 e. The summed E-state index contributed by atoms with van der Waals surface area (Å²) in [5.74, 6) is -0.0305. The van der Waals surface area contributed by atoms with Crippen molar-refractivity contribution in [2.24, 2.45) is 0 Å². The van der Waals surface area contributed by atoms with E-state index in [9.17, 15) is 4.79 Å². The molecule has 0 aliphatic carbocycles. The topological polar surface area (TPSA) is 48.1 Å². The van der Waals surface area contributed by atoms with E-state index in [-0.39, 0.29) is 5.91 Å². The van der Waals surface area contributed by atoms with Crippen LogP contribution in [0.15, 0.2) is 24.3 Å². The van der Waals surface area contributed by atoms with Gasteiger partial charge in [0.25, 0.3) is 5.91 Å². The SMILES string of the molecule is Cc1[nH]c(/C=C2\C(=O)Nc3ccccc32)c(C)c1CCCN(C)C. The van der Waals surface area contributed by atoms with Gasteiger partial charge in [-0.15, -0.1) is 0 Å². The average Bonchev–Trinajstić information content (AvgIpc) is 2.98. The van der Waals surface area contributed by atoms with Gasteiger partial charge in [0.1, 0.15) is 0 Å². The van der Waals surface area contributed by atoms with E-state index in [4.69, 9.17) is 0 Å². The number of aromatic nitrogens is 1. The van der Waals surface area contributed by atoms with Crippen LogP contribution in [0.1, 0.15) is 34.5 Å². The Balaban J connectivity index is 1.90. The van der Waals surface area contributed by atoms with Crippen LogP contribution in [0.2, 0.25) is 0 Å². The standard InChI is InChI=1S/C20H25N3O/c1-13-15(9-7-11-23(3)4)14(2)21-19(13)12-17-16-8-5-6-10-18(16)22-20(17)24/h5-6,8,10,12,21H,7,9,11H2,1-4H3,(H,22,24)/b17-12-. The molecule has 1 aromatic heterocycles. The fraction of sp³-hybridized carbons (Fsp3) is 0.350. The van der Waals surface area contributed by atoms with E-state index in [1.54, 1.807) is 0 Å². The molecular weight excluding hydrogens is 298 g/mol. The van der Waals surface area contributed by atoms with Gasteiger partial charge < -0.3 is 15.2 Å². The first-order chi connectivity index (χ1) is 11.5. The number of aromatic amines is 1. The Labute approximate surface area is 143 Å². The molecule has 4 nitrogen and oxygen atoms in total. The Hall–Kier alpha value is -2.33. The first-order valence-corrected chi connectivity index (χ1v) is 8.42. The zero-order valence-electron chi connectivity index (χ0n) is 14.9. The number of hydrogen-bond donors (Lipinski definition) is 2. The van der Waals surface area contributed by atoms with Crippen molar-refractivity contribution >= 4 is 23.2 Å². The quantitative estimate of drug-likeness (QED) is 0.826. The van der Waals surface area contributed by atoms with Crippen molar-refractivity contribution in [3.8, 4) is 0 Å². The number of anilines is 1. The molecule has 4 heteroatoms. The molecule has 0 spiro atoms. The molecule has 1 aliphatic rings. The van der Waals surface area contributed by atoms with Crippen LogP contribution in [-0.4, -0.2) is 36.4 Å². The number of carbonyl (C=O) groups excluding carboxylic acids is 1. The summed E-state index contributed by atoms with van der Waals surface area (Å²) in [7, 11) is 4.20. The van der Waals surface area contributed by atoms with E-state index < -0.39 is 0 Å². The van der Waals surface area contributed by atoms with Crippen molar-refractivity contribution in [1.82, 2.24) is 9.88 Å². The summed E-state index contributed by atoms with van der Waals surface area (Å²) in [6.07, 6.45) is 4.17. The third kappa shape index (κ3) is 3.15. The summed E-state index contributed by atoms with van der Waals surface area (Å²) in [5, 5.41) is 2.93. The lowest BCUT2D eigenvalue weighted by atomic mass is 10.0. The summed E-state index contributed by atoms with van der Waals surface area (Å²) in [6.45, 7) is 5.33. The molecule has 2 aromatic rings. The molecule has 1 aliphatic heterocycles. The number of benzene rings is 1. The van der Waals surface area contributed by atoms with Gasteiger partial charge in [0.05, 0.1) is 5.57 Å². The van der Waals surface area contributed by atoms with Gasteiger partial charge in [-0.05, 0) is 70.6 Å². The first-order valence-electron chi connectivity index (χ1n) is 8.42. The van der Waals surface area contributed by atoms with Crippen molar-refractivity contribution in [1.29, 1.82) is 0 Å². The molecule has 1 amide bonds. The predicted octanol–water partition coefficient (Wildman–Crippen LogP) is 3.62. The van der Waals surface area contributed by atoms with E-state index in [1.165, 1.54) is 16.8 Å². The lowest BCUT2D eigenvalue weighted by molar-refractivity contribution is -0.110. The van der Waals surface area contributed by atoms with Crippen LogP contribution < -0.4 is 5.32 Å². The van der Waals surface area contributed by atoms with Crippen LogP contribution in [-0.2, 0) is 11.2 Å². The zero-order valence-corrected chi connectivity index (χ0v) is 14.9. The van der Waals surface area contributed by atoms with E-state index in [0.29, 0.717) is 0 Å². The maximum Gasteiger partial charge on any atom is 0.256 e. The van der Waals surface area contributed by atoms with E-state index in [2.05, 4.69) is 43.1 Å². The molecule has 0 fully saturated rings. The molecule has 2 N–H and O–H groups in total. The van der Waals surface area contributed by atoms with E-state index in [0.717, 1.165) is 41.9 Å². The number of amides is 1. The lowest BCUT2D eigenvalue weighted by Gasteiger charge is -2.09. The molecule has 0 bridgehead atoms. The molecule has 0 saturated heterocycles. The van der Waals surface area contributed by atoms with Crippen molar-refractivity contribution in [2.75, 3.05) is 26.0 Å². The van der Waals surface area contributed by atoms with Crippen LogP contribution in [0.3, 0.4) is 0 Å². The van der Waals surface area contributed by atoms with E-state index >= 15 is 0 Å². The minimum absolute atomic E-state index is 0.0305. The minimum Gasteiger partial charge on any atom is -0.359 e. The maximum atomic E-state index is 12.3. The highest BCUT2D eigenvalue weighted by Crippen LogP contribution is 2.33. The number of rotatable bonds is 5. The molecule has 126 valence electrons. The van der Waals surface area contributed by atoms with Crippen LogP contribution in [0.4, 0.5) is 5.69 Å². The van der Waals surface area contributed by atoms with Crippen LogP contribution in [0, 0.1) is 13.8 Å². The Morgan fingerprint density at radius 2 is 1.92 bits per heavy atom. The molecule has 0 atom stereocenters. The van der Waals surface area contributed by atoms with E-state index in [1.807, 2.05) is 30.3 Å². The second kappa shape index (κ2) is 6.65. The summed E-state index contributed by atoms with van der Waals surface area (Å²) in [6, 6.07) is 7.83. The molecule has 2 heterocycles. The fourth-order valence-electron chi connectivity index (χ4n) is 3.33. The third-order valence-corrected chi connectivity index (χ3v) is 4.66. The van der Waals surface area contributed by atoms with Crippen LogP contribution in [0.5, 0.6) is 0 Å². The Morgan fingerprint density at radius 1 is 1.17 bits per heavy atom. The summed E-state index contributed by atoms with van der Waals surface area (Å²) in [5.41, 5.74) is 7.45. The van der Waals surface area contributed by atoms with Gasteiger partial charge in [-0.1, -0.05) is 18.2 Å². The Kier molecular flexibility index (Phi) is 4.58. The van der Waals surface area contributed by atoms with Gasteiger partial charge in [0.15, 0.2) is 0 Å².